The summed E-state index contributed by atoms with van der Waals surface area (Å²) < 4.78 is 1.04. The number of carboxylic acid groups (broad SMARTS) is 1. The Labute approximate surface area is 91.5 Å². The molecule has 1 aliphatic heterocycles. The second kappa shape index (κ2) is 6.76. The molecular weight excluding hydrogens is 196 g/mol. The van der Waals surface area contributed by atoms with Crippen molar-refractivity contribution in [2.75, 3.05) is 53.4 Å². The molecule has 0 aliphatic carbocycles. The van der Waals surface area contributed by atoms with Crippen LogP contribution in [0, 0.1) is 0 Å². The van der Waals surface area contributed by atoms with Crippen molar-refractivity contribution >= 4 is 5.97 Å². The maximum Gasteiger partial charge on any atom is 0.102 e. The van der Waals surface area contributed by atoms with Gasteiger partial charge < -0.3 is 19.5 Å². The van der Waals surface area contributed by atoms with Crippen LogP contribution >= 0.6 is 0 Å². The summed E-state index contributed by atoms with van der Waals surface area (Å²) in [5, 5.41) is 17.7. The Morgan fingerprint density at radius 2 is 1.87 bits per heavy atom. The predicted molar refractivity (Wildman–Crippen MR) is 56.0 cm³/mol. The monoisotopic (exact) mass is 218 g/mol. The highest BCUT2D eigenvalue weighted by atomic mass is 16.4. The molecule has 1 heterocycles. The maximum atomic E-state index is 8.89. The number of piperazine rings is 1. The topological polar surface area (TPSA) is 63.6 Å². The lowest BCUT2D eigenvalue weighted by atomic mass is 10.3. The van der Waals surface area contributed by atoms with Crippen LogP contribution in [0.2, 0.25) is 0 Å². The SMILES string of the molecule is CC(=O)[O-].CN1CC[N+](C)(CCO)CC1. The standard InChI is InChI=1S/C8H19N2O.C2H4O2/c1-9-3-5-10(2,6-4-9)7-8-11;1-2(3)4/h11H,3-8H2,1-2H3;1H3,(H,3,4)/q+1;/p-1. The number of carbonyl (C=O) groups is 1. The Kier molecular flexibility index (Phi) is 6.47. The number of aliphatic carboxylic acids is 1. The molecule has 0 bridgehead atoms. The number of carboxylic acids is 1. The van der Waals surface area contributed by atoms with Gasteiger partial charge >= 0.3 is 0 Å². The summed E-state index contributed by atoms with van der Waals surface area (Å²) in [7, 11) is 4.38. The predicted octanol–water partition coefficient (Wildman–Crippen LogP) is -1.87. The molecule has 0 aromatic carbocycles. The van der Waals surface area contributed by atoms with Gasteiger partial charge in [-0.3, -0.25) is 4.90 Å². The molecule has 0 atom stereocenters. The Balaban J connectivity index is 0.000000423. The Bertz CT molecular complexity index is 185. The van der Waals surface area contributed by atoms with Gasteiger partial charge in [-0.1, -0.05) is 0 Å². The normalized spacial score (nSPS) is 20.3. The first-order valence-electron chi connectivity index (χ1n) is 5.20. The molecule has 5 nitrogen and oxygen atoms in total. The average Bonchev–Trinajstić information content (AvgIpc) is 2.10. The summed E-state index contributed by atoms with van der Waals surface area (Å²) in [5.41, 5.74) is 0. The summed E-state index contributed by atoms with van der Waals surface area (Å²) in [6.45, 7) is 6.88. The van der Waals surface area contributed by atoms with Crippen LogP contribution in [0.1, 0.15) is 6.92 Å². The highest BCUT2D eigenvalue weighted by molar-refractivity contribution is 5.60. The first kappa shape index (κ1) is 14.3. The third kappa shape index (κ3) is 7.30. The molecule has 1 rings (SSSR count). The third-order valence-corrected chi connectivity index (χ3v) is 2.68. The number of hydrogen-bond acceptors (Lipinski definition) is 4. The number of carbonyl (C=O) groups excluding carboxylic acids is 1. The minimum absolute atomic E-state index is 0.320. The van der Waals surface area contributed by atoms with Gasteiger partial charge in [0.15, 0.2) is 0 Å². The van der Waals surface area contributed by atoms with E-state index in [1.165, 1.54) is 13.1 Å². The van der Waals surface area contributed by atoms with E-state index in [1.54, 1.807) is 0 Å². The van der Waals surface area contributed by atoms with Crippen LogP contribution in [0.5, 0.6) is 0 Å². The van der Waals surface area contributed by atoms with Crippen LogP contribution in [-0.4, -0.2) is 73.9 Å². The van der Waals surface area contributed by atoms with E-state index in [4.69, 9.17) is 15.0 Å². The van der Waals surface area contributed by atoms with Crippen LogP contribution < -0.4 is 5.11 Å². The van der Waals surface area contributed by atoms with Gasteiger partial charge in [-0.05, 0) is 14.0 Å². The summed E-state index contributed by atoms with van der Waals surface area (Å²) in [6.07, 6.45) is 0. The van der Waals surface area contributed by atoms with Gasteiger partial charge in [0.2, 0.25) is 0 Å². The minimum atomic E-state index is -1.08. The lowest BCUT2D eigenvalue weighted by molar-refractivity contribution is -0.913. The molecule has 5 heteroatoms. The van der Waals surface area contributed by atoms with Gasteiger partial charge in [0.05, 0.1) is 26.7 Å². The summed E-state index contributed by atoms with van der Waals surface area (Å²) in [6, 6.07) is 0. The van der Waals surface area contributed by atoms with Crippen molar-refractivity contribution in [3.8, 4) is 0 Å². The molecule has 0 unspecified atom stereocenters. The Morgan fingerprint density at radius 3 is 2.20 bits per heavy atom. The van der Waals surface area contributed by atoms with E-state index in [9.17, 15) is 0 Å². The van der Waals surface area contributed by atoms with Gasteiger partial charge in [0, 0.05) is 19.1 Å². The van der Waals surface area contributed by atoms with Crippen molar-refractivity contribution < 1.29 is 19.5 Å². The molecule has 90 valence electrons. The largest absolute Gasteiger partial charge is 0.550 e. The van der Waals surface area contributed by atoms with Crippen molar-refractivity contribution in [3.63, 3.8) is 0 Å². The summed E-state index contributed by atoms with van der Waals surface area (Å²) in [5.74, 6) is -1.08. The van der Waals surface area contributed by atoms with E-state index in [-0.39, 0.29) is 0 Å². The van der Waals surface area contributed by atoms with Crippen LogP contribution in [0.15, 0.2) is 0 Å². The smallest absolute Gasteiger partial charge is 0.102 e. The van der Waals surface area contributed by atoms with E-state index >= 15 is 0 Å². The number of quaternary nitrogens is 1. The molecule has 0 spiro atoms. The molecule has 1 fully saturated rings. The van der Waals surface area contributed by atoms with Gasteiger partial charge in [-0.15, -0.1) is 0 Å². The van der Waals surface area contributed by atoms with Crippen LogP contribution in [0.3, 0.4) is 0 Å². The van der Waals surface area contributed by atoms with Gasteiger partial charge in [0.25, 0.3) is 0 Å². The van der Waals surface area contributed by atoms with Crippen molar-refractivity contribution in [1.29, 1.82) is 0 Å². The molecule has 0 amide bonds. The zero-order valence-corrected chi connectivity index (χ0v) is 9.90. The molecule has 1 saturated heterocycles. The number of nitrogens with zero attached hydrogens (tertiary/aromatic N) is 2. The van der Waals surface area contributed by atoms with Crippen molar-refractivity contribution in [2.24, 2.45) is 0 Å². The highest BCUT2D eigenvalue weighted by Crippen LogP contribution is 2.07. The molecule has 1 aliphatic rings. The Morgan fingerprint density at radius 1 is 1.47 bits per heavy atom. The number of aliphatic hydroxyl groups excluding tert-OH is 1. The van der Waals surface area contributed by atoms with Gasteiger partial charge in [-0.2, -0.15) is 0 Å². The number of hydrogen-bond donors (Lipinski definition) is 1. The van der Waals surface area contributed by atoms with Crippen LogP contribution in [-0.2, 0) is 4.79 Å². The van der Waals surface area contributed by atoms with Crippen molar-refractivity contribution in [1.82, 2.24) is 4.90 Å². The molecular formula is C10H22N2O3. The fraction of sp³-hybridized carbons (Fsp3) is 0.900. The molecule has 1 N–H and O–H groups in total. The first-order valence-corrected chi connectivity index (χ1v) is 5.20. The lowest BCUT2D eigenvalue weighted by Gasteiger charge is -2.40. The van der Waals surface area contributed by atoms with E-state index in [0.717, 1.165) is 31.0 Å². The van der Waals surface area contributed by atoms with Gasteiger partial charge in [0.1, 0.15) is 6.54 Å². The van der Waals surface area contributed by atoms with Crippen LogP contribution in [0.4, 0.5) is 0 Å². The Hall–Kier alpha value is -0.650. The fourth-order valence-corrected chi connectivity index (χ4v) is 1.51. The number of rotatable bonds is 2. The number of likely N-dealkylation sites (N-methyl/N-ethyl adjacent to an activating group) is 2. The summed E-state index contributed by atoms with van der Waals surface area (Å²) in [4.78, 5) is 11.2. The third-order valence-electron chi connectivity index (χ3n) is 2.68. The van der Waals surface area contributed by atoms with Crippen LogP contribution in [0.25, 0.3) is 0 Å². The fourth-order valence-electron chi connectivity index (χ4n) is 1.51. The van der Waals surface area contributed by atoms with Crippen molar-refractivity contribution in [2.45, 2.75) is 6.92 Å². The number of aliphatic hydroxyl groups is 1. The lowest BCUT2D eigenvalue weighted by Crippen LogP contribution is -2.57. The quantitative estimate of drug-likeness (QED) is 0.551. The molecule has 0 aromatic rings. The molecule has 0 aromatic heterocycles. The molecule has 0 radical (unpaired) electrons. The second-order valence-corrected chi connectivity index (χ2v) is 4.31. The van der Waals surface area contributed by atoms with E-state index in [0.29, 0.717) is 6.61 Å². The van der Waals surface area contributed by atoms with Crippen molar-refractivity contribution in [3.05, 3.63) is 0 Å². The zero-order chi connectivity index (χ0) is 11.9. The molecule has 15 heavy (non-hydrogen) atoms. The highest BCUT2D eigenvalue weighted by Gasteiger charge is 2.25. The average molecular weight is 218 g/mol. The summed E-state index contributed by atoms with van der Waals surface area (Å²) >= 11 is 0. The second-order valence-electron chi connectivity index (χ2n) is 4.31. The van der Waals surface area contributed by atoms with Gasteiger partial charge in [-0.25, -0.2) is 0 Å². The maximum absolute atomic E-state index is 8.89. The van der Waals surface area contributed by atoms with E-state index in [2.05, 4.69) is 19.0 Å². The zero-order valence-electron chi connectivity index (χ0n) is 9.90. The minimum Gasteiger partial charge on any atom is -0.550 e. The first-order chi connectivity index (χ1) is 6.89. The van der Waals surface area contributed by atoms with E-state index in [1.807, 2.05) is 0 Å². The molecule has 0 saturated carbocycles. The van der Waals surface area contributed by atoms with E-state index < -0.39 is 5.97 Å².